The van der Waals surface area contributed by atoms with Gasteiger partial charge in [0, 0.05) is 61.1 Å². The Labute approximate surface area is 215 Å². The van der Waals surface area contributed by atoms with E-state index in [0.29, 0.717) is 28.9 Å². The van der Waals surface area contributed by atoms with Crippen molar-refractivity contribution in [2.75, 3.05) is 19.6 Å². The number of hydrogen-bond donors (Lipinski definition) is 3. The average Bonchev–Trinajstić information content (AvgIpc) is 2.94. The molecule has 0 radical (unpaired) electrons. The quantitative estimate of drug-likeness (QED) is 0.516. The first-order valence-electron chi connectivity index (χ1n) is 11.7. The first-order chi connectivity index (χ1) is 17.3. The zero-order valence-electron chi connectivity index (χ0n) is 20.8. The number of nitrogens with zero attached hydrogens (tertiary/aromatic N) is 3. The molecule has 4 rings (SSSR count). The van der Waals surface area contributed by atoms with Crippen molar-refractivity contribution in [1.82, 2.24) is 14.6 Å². The Balaban J connectivity index is 1.47. The predicted octanol–water partition coefficient (Wildman–Crippen LogP) is 2.75. The number of amides is 1. The molecule has 0 saturated carbocycles. The Hall–Kier alpha value is -3.77. The Kier molecular flexibility index (Phi) is 7.07. The highest BCUT2D eigenvalue weighted by atomic mass is 32.2. The largest absolute Gasteiger partial charge is 0.478 e. The Morgan fingerprint density at radius 3 is 2.59 bits per heavy atom. The number of rotatable bonds is 6. The number of carboxylic acid groups (broad SMARTS) is 1. The number of carbonyl (C=O) groups excluding carboxylic acids is 1. The number of fused-ring (bicyclic) bond motifs is 1. The molecule has 1 amide bonds. The van der Waals surface area contributed by atoms with Gasteiger partial charge in [0.05, 0.1) is 5.69 Å². The van der Waals surface area contributed by atoms with Crippen LogP contribution in [0, 0.1) is 5.92 Å². The number of ether oxygens (including phenoxy) is 1. The van der Waals surface area contributed by atoms with Crippen LogP contribution in [0.4, 0.5) is 10.5 Å². The molecule has 2 aliphatic rings. The van der Waals surface area contributed by atoms with Crippen molar-refractivity contribution < 1.29 is 27.9 Å². The number of aromatic nitrogens is 1. The van der Waals surface area contributed by atoms with Crippen molar-refractivity contribution in [3.63, 3.8) is 0 Å². The number of nitrogens with one attached hydrogen (secondary N) is 1. The van der Waals surface area contributed by atoms with Gasteiger partial charge in [0.15, 0.2) is 0 Å². The molecule has 196 valence electrons. The summed E-state index contributed by atoms with van der Waals surface area (Å²) in [5.74, 6) is -0.909. The standard InChI is InChI=1S/C25H29N5O6S/c1-25(2,3)36-24(33)28-10-15-13-30(14-15)37(34,35)20-7-19(11-27-12-20)16-4-5-17-6-18(23(31)32)9-22(26)29-21(17)8-16/h4-8,11-12,15H,9-10,13-14H2,1-3H3,(H2,26,29)(H,28,33)(H,31,32). The molecule has 0 aliphatic carbocycles. The Morgan fingerprint density at radius 2 is 1.92 bits per heavy atom. The fourth-order valence-electron chi connectivity index (χ4n) is 3.96. The number of benzene rings is 1. The summed E-state index contributed by atoms with van der Waals surface area (Å²) in [5, 5.41) is 12.0. The third-order valence-corrected chi connectivity index (χ3v) is 7.61. The van der Waals surface area contributed by atoms with Gasteiger partial charge in [-0.25, -0.2) is 23.0 Å². The molecule has 11 nitrogen and oxygen atoms in total. The fourth-order valence-corrected chi connectivity index (χ4v) is 5.55. The van der Waals surface area contributed by atoms with Gasteiger partial charge in [-0.05, 0) is 44.5 Å². The van der Waals surface area contributed by atoms with E-state index in [2.05, 4.69) is 15.3 Å². The number of sulfonamides is 1. The summed E-state index contributed by atoms with van der Waals surface area (Å²) in [6.45, 7) is 6.17. The predicted molar refractivity (Wildman–Crippen MR) is 138 cm³/mol. The minimum atomic E-state index is -3.78. The lowest BCUT2D eigenvalue weighted by Gasteiger charge is -2.38. The van der Waals surface area contributed by atoms with Gasteiger partial charge < -0.3 is 20.9 Å². The number of carbonyl (C=O) groups is 2. The minimum absolute atomic E-state index is 0.0184. The zero-order chi connectivity index (χ0) is 27.0. The van der Waals surface area contributed by atoms with Gasteiger partial charge in [-0.2, -0.15) is 4.31 Å². The first-order valence-corrected chi connectivity index (χ1v) is 13.1. The summed E-state index contributed by atoms with van der Waals surface area (Å²) in [5.41, 5.74) is 7.74. The molecule has 0 unspecified atom stereocenters. The highest BCUT2D eigenvalue weighted by molar-refractivity contribution is 7.89. The van der Waals surface area contributed by atoms with Crippen molar-refractivity contribution >= 4 is 39.7 Å². The van der Waals surface area contributed by atoms with Crippen molar-refractivity contribution in [3.05, 3.63) is 47.8 Å². The number of nitrogens with two attached hydrogens (primary N) is 1. The first kappa shape index (κ1) is 26.3. The molecule has 1 fully saturated rings. The molecule has 37 heavy (non-hydrogen) atoms. The van der Waals surface area contributed by atoms with Crippen LogP contribution < -0.4 is 11.1 Å². The van der Waals surface area contributed by atoms with E-state index >= 15 is 0 Å². The second-order valence-electron chi connectivity index (χ2n) is 10.0. The minimum Gasteiger partial charge on any atom is -0.478 e. The maximum Gasteiger partial charge on any atom is 0.407 e. The molecule has 3 heterocycles. The molecule has 12 heteroatoms. The van der Waals surface area contributed by atoms with Crippen LogP contribution in [-0.4, -0.2) is 65.9 Å². The van der Waals surface area contributed by atoms with Crippen LogP contribution in [0.5, 0.6) is 0 Å². The number of alkyl carbamates (subject to hydrolysis) is 1. The van der Waals surface area contributed by atoms with Crippen molar-refractivity contribution in [3.8, 4) is 11.1 Å². The molecule has 4 N–H and O–H groups in total. The Morgan fingerprint density at radius 1 is 1.19 bits per heavy atom. The molecule has 0 atom stereocenters. The lowest BCUT2D eigenvalue weighted by molar-refractivity contribution is -0.132. The SMILES string of the molecule is CC(C)(C)OC(=O)NCC1CN(S(=O)(=O)c2cncc(-c3ccc4c(c3)N=C(N)CC(C(=O)O)=C4)c2)C1. The number of hydrogen-bond acceptors (Lipinski definition) is 8. The zero-order valence-corrected chi connectivity index (χ0v) is 21.6. The normalized spacial score (nSPS) is 16.5. The highest BCUT2D eigenvalue weighted by Gasteiger charge is 2.37. The van der Waals surface area contributed by atoms with Crippen LogP contribution in [0.3, 0.4) is 0 Å². The van der Waals surface area contributed by atoms with E-state index in [9.17, 15) is 23.1 Å². The third-order valence-electron chi connectivity index (χ3n) is 5.81. The lowest BCUT2D eigenvalue weighted by atomic mass is 10.0. The van der Waals surface area contributed by atoms with Crippen LogP contribution in [0.2, 0.25) is 0 Å². The van der Waals surface area contributed by atoms with E-state index in [1.165, 1.54) is 16.6 Å². The average molecular weight is 528 g/mol. The molecular formula is C25H29N5O6S. The summed E-state index contributed by atoms with van der Waals surface area (Å²) in [4.78, 5) is 31.8. The van der Waals surface area contributed by atoms with Gasteiger partial charge in [-0.15, -0.1) is 0 Å². The molecular weight excluding hydrogens is 498 g/mol. The van der Waals surface area contributed by atoms with Crippen LogP contribution in [0.25, 0.3) is 17.2 Å². The molecule has 0 spiro atoms. The number of aliphatic imine (C=N–C) groups is 1. The maximum absolute atomic E-state index is 13.2. The smallest absolute Gasteiger partial charge is 0.407 e. The summed E-state index contributed by atoms with van der Waals surface area (Å²) >= 11 is 0. The van der Waals surface area contributed by atoms with Gasteiger partial charge in [0.2, 0.25) is 10.0 Å². The van der Waals surface area contributed by atoms with Crippen LogP contribution >= 0.6 is 0 Å². The molecule has 1 aromatic heterocycles. The molecule has 2 aromatic rings. The van der Waals surface area contributed by atoms with Gasteiger partial charge in [0.1, 0.15) is 16.3 Å². The number of pyridine rings is 1. The van der Waals surface area contributed by atoms with Gasteiger partial charge in [-0.3, -0.25) is 4.98 Å². The van der Waals surface area contributed by atoms with E-state index in [-0.39, 0.29) is 41.7 Å². The Bertz CT molecular complexity index is 1400. The van der Waals surface area contributed by atoms with Gasteiger partial charge in [0.25, 0.3) is 0 Å². The van der Waals surface area contributed by atoms with Crippen molar-refractivity contribution in [2.24, 2.45) is 16.6 Å². The van der Waals surface area contributed by atoms with Gasteiger partial charge in [-0.1, -0.05) is 12.1 Å². The topological polar surface area (TPSA) is 164 Å². The van der Waals surface area contributed by atoms with E-state index < -0.39 is 27.7 Å². The fraction of sp³-hybridized carbons (Fsp3) is 0.360. The summed E-state index contributed by atoms with van der Waals surface area (Å²) in [7, 11) is -3.78. The highest BCUT2D eigenvalue weighted by Crippen LogP contribution is 2.33. The second-order valence-corrected chi connectivity index (χ2v) is 11.9. The molecule has 0 bridgehead atoms. The van der Waals surface area contributed by atoms with Crippen LogP contribution in [0.1, 0.15) is 32.8 Å². The third kappa shape index (κ3) is 6.15. The van der Waals surface area contributed by atoms with E-state index in [1.807, 2.05) is 0 Å². The number of aliphatic carboxylic acids is 1. The van der Waals surface area contributed by atoms with Crippen LogP contribution in [0.15, 0.2) is 52.1 Å². The maximum atomic E-state index is 13.2. The summed E-state index contributed by atoms with van der Waals surface area (Å²) < 4.78 is 32.9. The summed E-state index contributed by atoms with van der Waals surface area (Å²) in [6.07, 6.45) is 3.87. The molecule has 1 aromatic carbocycles. The monoisotopic (exact) mass is 527 g/mol. The summed E-state index contributed by atoms with van der Waals surface area (Å²) in [6, 6.07) is 6.73. The van der Waals surface area contributed by atoms with Crippen molar-refractivity contribution in [1.29, 1.82) is 0 Å². The van der Waals surface area contributed by atoms with E-state index in [1.54, 1.807) is 51.2 Å². The van der Waals surface area contributed by atoms with E-state index in [0.717, 1.165) is 0 Å². The lowest BCUT2D eigenvalue weighted by Crippen LogP contribution is -2.53. The molecule has 2 aliphatic heterocycles. The van der Waals surface area contributed by atoms with Gasteiger partial charge >= 0.3 is 12.1 Å². The molecule has 1 saturated heterocycles. The number of amidine groups is 1. The number of carboxylic acids is 1. The second kappa shape index (κ2) is 9.94. The van der Waals surface area contributed by atoms with Crippen LogP contribution in [-0.2, 0) is 19.6 Å². The van der Waals surface area contributed by atoms with E-state index in [4.69, 9.17) is 10.5 Å². The van der Waals surface area contributed by atoms with Crippen molar-refractivity contribution in [2.45, 2.75) is 37.7 Å².